The number of benzene rings is 3. The summed E-state index contributed by atoms with van der Waals surface area (Å²) in [4.78, 5) is 12.6. The van der Waals surface area contributed by atoms with Gasteiger partial charge in [-0.25, -0.2) is 0 Å². The number of rotatable bonds is 7. The summed E-state index contributed by atoms with van der Waals surface area (Å²) in [6.45, 7) is 4.30. The van der Waals surface area contributed by atoms with Gasteiger partial charge in [0.1, 0.15) is 11.5 Å². The molecule has 29 heavy (non-hydrogen) atoms. The maximum atomic E-state index is 12.6. The number of amides is 1. The van der Waals surface area contributed by atoms with Gasteiger partial charge < -0.3 is 19.5 Å². The van der Waals surface area contributed by atoms with Gasteiger partial charge in [0.25, 0.3) is 5.91 Å². The normalized spacial score (nSPS) is 10.3. The van der Waals surface area contributed by atoms with Crippen LogP contribution in [0.5, 0.6) is 23.0 Å². The monoisotopic (exact) mass is 411 g/mol. The van der Waals surface area contributed by atoms with Crippen LogP contribution in [0.4, 0.5) is 5.69 Å². The van der Waals surface area contributed by atoms with Gasteiger partial charge in [-0.3, -0.25) is 4.79 Å². The SMILES string of the molecule is CCOc1cc(C(=O)Nc2ccc(Oc3ccc(C)cc3)cc2)cc(Cl)c1OC. The van der Waals surface area contributed by atoms with Crippen molar-refractivity contribution in [2.45, 2.75) is 13.8 Å². The molecule has 0 heterocycles. The zero-order valence-electron chi connectivity index (χ0n) is 16.5. The lowest BCUT2D eigenvalue weighted by molar-refractivity contribution is 0.102. The molecule has 0 saturated heterocycles. The average Bonchev–Trinajstić information content (AvgIpc) is 2.71. The molecule has 150 valence electrons. The lowest BCUT2D eigenvalue weighted by Crippen LogP contribution is -2.12. The second kappa shape index (κ2) is 9.34. The van der Waals surface area contributed by atoms with Crippen molar-refractivity contribution in [1.82, 2.24) is 0 Å². The average molecular weight is 412 g/mol. The predicted octanol–water partition coefficient (Wildman–Crippen LogP) is 6.10. The van der Waals surface area contributed by atoms with Crippen LogP contribution in [0, 0.1) is 6.92 Å². The summed E-state index contributed by atoms with van der Waals surface area (Å²) in [7, 11) is 1.50. The van der Waals surface area contributed by atoms with Crippen LogP contribution in [0.25, 0.3) is 0 Å². The molecule has 3 aromatic carbocycles. The molecule has 3 rings (SSSR count). The molecule has 3 aromatic rings. The molecule has 0 fully saturated rings. The molecule has 0 atom stereocenters. The van der Waals surface area contributed by atoms with Crippen LogP contribution in [0.1, 0.15) is 22.8 Å². The first-order valence-corrected chi connectivity index (χ1v) is 9.54. The number of halogens is 1. The molecule has 0 unspecified atom stereocenters. The molecule has 0 aliphatic heterocycles. The summed E-state index contributed by atoms with van der Waals surface area (Å²) < 4.78 is 16.6. The molecule has 0 spiro atoms. The van der Waals surface area contributed by atoms with E-state index in [1.165, 1.54) is 12.7 Å². The van der Waals surface area contributed by atoms with Crippen molar-refractivity contribution in [2.75, 3.05) is 19.0 Å². The standard InChI is InChI=1S/C23H22ClNO4/c1-4-28-21-14-16(13-20(24)22(21)27-3)23(26)25-17-7-11-19(12-8-17)29-18-9-5-15(2)6-10-18/h5-14H,4H2,1-3H3,(H,25,26). The Hall–Kier alpha value is -3.18. The van der Waals surface area contributed by atoms with E-state index in [2.05, 4.69) is 5.32 Å². The highest BCUT2D eigenvalue weighted by Gasteiger charge is 2.16. The molecule has 1 N–H and O–H groups in total. The lowest BCUT2D eigenvalue weighted by Gasteiger charge is -2.13. The zero-order chi connectivity index (χ0) is 20.8. The first-order chi connectivity index (χ1) is 14.0. The number of anilines is 1. The molecule has 5 nitrogen and oxygen atoms in total. The van der Waals surface area contributed by atoms with E-state index in [1.54, 1.807) is 36.4 Å². The largest absolute Gasteiger partial charge is 0.491 e. The number of methoxy groups -OCH3 is 1. The molecule has 0 aliphatic rings. The van der Waals surface area contributed by atoms with Gasteiger partial charge in [0.05, 0.1) is 18.7 Å². The van der Waals surface area contributed by atoms with Crippen molar-refractivity contribution in [1.29, 1.82) is 0 Å². The Morgan fingerprint density at radius 3 is 2.21 bits per heavy atom. The minimum Gasteiger partial charge on any atom is -0.491 e. The highest BCUT2D eigenvalue weighted by Crippen LogP contribution is 2.36. The van der Waals surface area contributed by atoms with E-state index >= 15 is 0 Å². The van der Waals surface area contributed by atoms with Crippen molar-refractivity contribution in [2.24, 2.45) is 0 Å². The summed E-state index contributed by atoms with van der Waals surface area (Å²) in [5.74, 6) is 1.96. The quantitative estimate of drug-likeness (QED) is 0.510. The second-order valence-electron chi connectivity index (χ2n) is 6.32. The van der Waals surface area contributed by atoms with Gasteiger partial charge in [-0.2, -0.15) is 0 Å². The summed E-state index contributed by atoms with van der Waals surface area (Å²) in [6.07, 6.45) is 0. The van der Waals surface area contributed by atoms with E-state index < -0.39 is 0 Å². The van der Waals surface area contributed by atoms with E-state index in [4.69, 9.17) is 25.8 Å². The summed E-state index contributed by atoms with van der Waals surface area (Å²) in [6, 6.07) is 18.1. The van der Waals surface area contributed by atoms with Crippen LogP contribution < -0.4 is 19.5 Å². The minimum absolute atomic E-state index is 0.303. The first-order valence-electron chi connectivity index (χ1n) is 9.16. The van der Waals surface area contributed by atoms with E-state index in [1.807, 2.05) is 38.1 Å². The number of carbonyl (C=O) groups is 1. The van der Waals surface area contributed by atoms with E-state index in [0.29, 0.717) is 40.1 Å². The topological polar surface area (TPSA) is 56.8 Å². The Morgan fingerprint density at radius 2 is 1.62 bits per heavy atom. The summed E-state index contributed by atoms with van der Waals surface area (Å²) in [5.41, 5.74) is 2.18. The Bertz CT molecular complexity index is 985. The van der Waals surface area contributed by atoms with Crippen LogP contribution in [0.15, 0.2) is 60.7 Å². The number of hydrogen-bond acceptors (Lipinski definition) is 4. The van der Waals surface area contributed by atoms with Crippen molar-refractivity contribution in [3.63, 3.8) is 0 Å². The van der Waals surface area contributed by atoms with Gasteiger partial charge >= 0.3 is 0 Å². The number of hydrogen-bond donors (Lipinski definition) is 1. The fraction of sp³-hybridized carbons (Fsp3) is 0.174. The second-order valence-corrected chi connectivity index (χ2v) is 6.72. The number of ether oxygens (including phenoxy) is 3. The molecule has 0 bridgehead atoms. The highest BCUT2D eigenvalue weighted by atomic mass is 35.5. The molecule has 0 aromatic heterocycles. The Balaban J connectivity index is 1.71. The molecule has 0 radical (unpaired) electrons. The summed E-state index contributed by atoms with van der Waals surface area (Å²) in [5, 5.41) is 3.15. The maximum Gasteiger partial charge on any atom is 0.255 e. The van der Waals surface area contributed by atoms with Gasteiger partial charge in [0.2, 0.25) is 0 Å². The van der Waals surface area contributed by atoms with E-state index in [9.17, 15) is 4.79 Å². The fourth-order valence-corrected chi connectivity index (χ4v) is 3.00. The van der Waals surface area contributed by atoms with Crippen molar-refractivity contribution < 1.29 is 19.0 Å². The minimum atomic E-state index is -0.303. The van der Waals surface area contributed by atoms with Crippen molar-refractivity contribution >= 4 is 23.2 Å². The molecular weight excluding hydrogens is 390 g/mol. The van der Waals surface area contributed by atoms with Crippen LogP contribution in [-0.2, 0) is 0 Å². The third-order valence-corrected chi connectivity index (χ3v) is 4.43. The van der Waals surface area contributed by atoms with Crippen molar-refractivity contribution in [3.8, 4) is 23.0 Å². The van der Waals surface area contributed by atoms with Gasteiger partial charge in [-0.1, -0.05) is 29.3 Å². The number of carbonyl (C=O) groups excluding carboxylic acids is 1. The van der Waals surface area contributed by atoms with Gasteiger partial charge in [-0.05, 0) is 62.4 Å². The van der Waals surface area contributed by atoms with Crippen LogP contribution in [0.2, 0.25) is 5.02 Å². The fourth-order valence-electron chi connectivity index (χ4n) is 2.71. The molecule has 6 heteroatoms. The number of aryl methyl sites for hydroxylation is 1. The molecule has 0 aliphatic carbocycles. The van der Waals surface area contributed by atoms with E-state index in [-0.39, 0.29) is 5.91 Å². The number of nitrogens with one attached hydrogen (secondary N) is 1. The zero-order valence-corrected chi connectivity index (χ0v) is 17.2. The van der Waals surface area contributed by atoms with Crippen LogP contribution in [0.3, 0.4) is 0 Å². The predicted molar refractivity (Wildman–Crippen MR) is 115 cm³/mol. The van der Waals surface area contributed by atoms with Crippen molar-refractivity contribution in [3.05, 3.63) is 76.8 Å². The smallest absolute Gasteiger partial charge is 0.255 e. The van der Waals surface area contributed by atoms with Gasteiger partial charge in [0.15, 0.2) is 11.5 Å². The van der Waals surface area contributed by atoms with Crippen LogP contribution in [-0.4, -0.2) is 19.6 Å². The third kappa shape index (κ3) is 5.21. The lowest BCUT2D eigenvalue weighted by atomic mass is 10.1. The van der Waals surface area contributed by atoms with Crippen LogP contribution >= 0.6 is 11.6 Å². The molecule has 0 saturated carbocycles. The van der Waals surface area contributed by atoms with Gasteiger partial charge in [0, 0.05) is 11.3 Å². The molecular formula is C23H22ClNO4. The third-order valence-electron chi connectivity index (χ3n) is 4.14. The Kier molecular flexibility index (Phi) is 6.62. The molecule has 1 amide bonds. The Labute approximate surface area is 175 Å². The highest BCUT2D eigenvalue weighted by molar-refractivity contribution is 6.32. The summed E-state index contributed by atoms with van der Waals surface area (Å²) >= 11 is 6.22. The maximum absolute atomic E-state index is 12.6. The first kappa shape index (κ1) is 20.6. The Morgan fingerprint density at radius 1 is 1.00 bits per heavy atom. The van der Waals surface area contributed by atoms with Gasteiger partial charge in [-0.15, -0.1) is 0 Å². The van der Waals surface area contributed by atoms with E-state index in [0.717, 1.165) is 5.75 Å².